The molecule has 0 spiro atoms. The lowest BCUT2D eigenvalue weighted by molar-refractivity contribution is -0.135. The molecule has 2 N–H and O–H groups in total. The van der Waals surface area contributed by atoms with Gasteiger partial charge in [-0.2, -0.15) is 18.3 Å². The largest absolute Gasteiger partial charge is 0.389 e. The molecule has 7 heteroatoms. The van der Waals surface area contributed by atoms with Gasteiger partial charge >= 0.3 is 6.18 Å². The molecule has 0 saturated carbocycles. The number of nitrogens with one attached hydrogen (secondary N) is 2. The molecular weight excluding hydrogens is 209 g/mol. The van der Waals surface area contributed by atoms with E-state index >= 15 is 0 Å². The number of aromatic amines is 1. The Balaban J connectivity index is 2.36. The molecule has 1 atom stereocenters. The van der Waals surface area contributed by atoms with Gasteiger partial charge in [0.15, 0.2) is 0 Å². The molecule has 1 aromatic heterocycles. The highest BCUT2D eigenvalue weighted by Crippen LogP contribution is 2.24. The fourth-order valence-electron chi connectivity index (χ4n) is 1.31. The molecule has 1 aromatic rings. The predicted molar refractivity (Wildman–Crippen MR) is 48.1 cm³/mol. The van der Waals surface area contributed by atoms with Crippen LogP contribution in [0.25, 0.3) is 0 Å². The molecule has 0 amide bonds. The molecule has 0 aliphatic carbocycles. The van der Waals surface area contributed by atoms with E-state index in [1.165, 1.54) is 6.33 Å². The molecule has 15 heavy (non-hydrogen) atoms. The maximum atomic E-state index is 11.9. The van der Waals surface area contributed by atoms with Crippen LogP contribution in [0, 0.1) is 0 Å². The average Bonchev–Trinajstić information content (AvgIpc) is 2.63. The maximum Gasteiger partial charge on any atom is 0.389 e. The van der Waals surface area contributed by atoms with Crippen LogP contribution < -0.4 is 5.32 Å². The van der Waals surface area contributed by atoms with Crippen molar-refractivity contribution in [2.45, 2.75) is 31.5 Å². The van der Waals surface area contributed by atoms with Crippen molar-refractivity contribution < 1.29 is 13.2 Å². The standard InChI is InChI=1S/C8H13F3N4/c1-12-6(7-13-5-14-15-7)3-2-4-8(9,10)11/h5-6,12H,2-4H2,1H3,(H,13,14,15). The number of hydrogen-bond donors (Lipinski definition) is 2. The van der Waals surface area contributed by atoms with Crippen molar-refractivity contribution in [2.75, 3.05) is 7.05 Å². The Morgan fingerprint density at radius 3 is 2.73 bits per heavy atom. The Kier molecular flexibility index (Phi) is 4.07. The molecular formula is C8H13F3N4. The van der Waals surface area contributed by atoms with Crippen molar-refractivity contribution in [3.8, 4) is 0 Å². The monoisotopic (exact) mass is 222 g/mol. The molecule has 0 aliphatic heterocycles. The minimum absolute atomic E-state index is 0.0791. The fraction of sp³-hybridized carbons (Fsp3) is 0.750. The molecule has 4 nitrogen and oxygen atoms in total. The Bertz CT molecular complexity index is 270. The number of nitrogens with zero attached hydrogens (tertiary/aromatic N) is 2. The van der Waals surface area contributed by atoms with Gasteiger partial charge < -0.3 is 5.32 Å². The van der Waals surface area contributed by atoms with E-state index in [9.17, 15) is 13.2 Å². The second kappa shape index (κ2) is 5.11. The van der Waals surface area contributed by atoms with Crippen LogP contribution in [0.1, 0.15) is 31.1 Å². The number of rotatable bonds is 5. The molecule has 0 aliphatic rings. The molecule has 0 bridgehead atoms. The summed E-state index contributed by atoms with van der Waals surface area (Å²) in [5, 5.41) is 9.17. The first-order valence-corrected chi connectivity index (χ1v) is 4.62. The normalized spacial score (nSPS) is 14.1. The summed E-state index contributed by atoms with van der Waals surface area (Å²) >= 11 is 0. The topological polar surface area (TPSA) is 53.6 Å². The lowest BCUT2D eigenvalue weighted by Gasteiger charge is -2.13. The van der Waals surface area contributed by atoms with Crippen LogP contribution in [-0.2, 0) is 0 Å². The van der Waals surface area contributed by atoms with Gasteiger partial charge in [-0.3, -0.25) is 5.10 Å². The van der Waals surface area contributed by atoms with Gasteiger partial charge in [-0.25, -0.2) is 4.98 Å². The molecule has 1 heterocycles. The van der Waals surface area contributed by atoms with Crippen molar-refractivity contribution in [1.29, 1.82) is 0 Å². The molecule has 86 valence electrons. The highest BCUT2D eigenvalue weighted by molar-refractivity contribution is 4.90. The van der Waals surface area contributed by atoms with Gasteiger partial charge in [0.1, 0.15) is 12.2 Å². The molecule has 1 rings (SSSR count). The third-order valence-corrected chi connectivity index (χ3v) is 2.07. The molecule has 0 saturated heterocycles. The van der Waals surface area contributed by atoms with Crippen molar-refractivity contribution in [2.24, 2.45) is 0 Å². The second-order valence-corrected chi connectivity index (χ2v) is 3.22. The molecule has 0 radical (unpaired) electrons. The lowest BCUT2D eigenvalue weighted by atomic mass is 10.1. The Morgan fingerprint density at radius 1 is 1.53 bits per heavy atom. The fourth-order valence-corrected chi connectivity index (χ4v) is 1.31. The highest BCUT2D eigenvalue weighted by atomic mass is 19.4. The second-order valence-electron chi connectivity index (χ2n) is 3.22. The minimum atomic E-state index is -4.08. The third kappa shape index (κ3) is 4.28. The van der Waals surface area contributed by atoms with E-state index in [2.05, 4.69) is 20.5 Å². The quantitative estimate of drug-likeness (QED) is 0.798. The van der Waals surface area contributed by atoms with Crippen LogP contribution >= 0.6 is 0 Å². The van der Waals surface area contributed by atoms with Crippen LogP contribution in [0.4, 0.5) is 13.2 Å². The summed E-state index contributed by atoms with van der Waals surface area (Å²) in [5.74, 6) is 0.569. The number of alkyl halides is 3. The highest BCUT2D eigenvalue weighted by Gasteiger charge is 2.27. The van der Waals surface area contributed by atoms with Crippen LogP contribution in [-0.4, -0.2) is 28.4 Å². The first-order valence-electron chi connectivity index (χ1n) is 4.62. The van der Waals surface area contributed by atoms with Gasteiger partial charge in [0.05, 0.1) is 6.04 Å². The lowest BCUT2D eigenvalue weighted by Crippen LogP contribution is -2.18. The zero-order valence-electron chi connectivity index (χ0n) is 8.30. The first-order chi connectivity index (χ1) is 7.03. The van der Waals surface area contributed by atoms with Gasteiger partial charge in [-0.1, -0.05) is 0 Å². The zero-order chi connectivity index (χ0) is 11.3. The van der Waals surface area contributed by atoms with Gasteiger partial charge in [-0.15, -0.1) is 0 Å². The van der Waals surface area contributed by atoms with E-state index < -0.39 is 12.6 Å². The molecule has 0 fully saturated rings. The average molecular weight is 222 g/mol. The van der Waals surface area contributed by atoms with Gasteiger partial charge in [0.2, 0.25) is 0 Å². The zero-order valence-corrected chi connectivity index (χ0v) is 8.30. The number of halogens is 3. The van der Waals surface area contributed by atoms with Crippen LogP contribution in [0.15, 0.2) is 6.33 Å². The van der Waals surface area contributed by atoms with Crippen LogP contribution in [0.3, 0.4) is 0 Å². The van der Waals surface area contributed by atoms with Gasteiger partial charge in [-0.05, 0) is 19.9 Å². The summed E-state index contributed by atoms with van der Waals surface area (Å²) in [5.41, 5.74) is 0. The van der Waals surface area contributed by atoms with E-state index in [0.717, 1.165) is 0 Å². The molecule has 1 unspecified atom stereocenters. The summed E-state index contributed by atoms with van der Waals surface area (Å²) < 4.78 is 35.7. The summed E-state index contributed by atoms with van der Waals surface area (Å²) in [4.78, 5) is 3.89. The first kappa shape index (κ1) is 12.0. The summed E-state index contributed by atoms with van der Waals surface area (Å²) in [6, 6.07) is -0.199. The number of H-pyrrole nitrogens is 1. The summed E-state index contributed by atoms with van der Waals surface area (Å²) in [6.07, 6.45) is -3.05. The summed E-state index contributed by atoms with van der Waals surface area (Å²) in [7, 11) is 1.68. The minimum Gasteiger partial charge on any atom is -0.310 e. The number of hydrogen-bond acceptors (Lipinski definition) is 3. The van der Waals surface area contributed by atoms with E-state index in [1.807, 2.05) is 0 Å². The van der Waals surface area contributed by atoms with E-state index in [4.69, 9.17) is 0 Å². The SMILES string of the molecule is CNC(CCCC(F)(F)F)c1ncn[nH]1. The Labute approximate surface area is 85.3 Å². The van der Waals surface area contributed by atoms with E-state index in [0.29, 0.717) is 12.2 Å². The van der Waals surface area contributed by atoms with Gasteiger partial charge in [0, 0.05) is 6.42 Å². The predicted octanol–water partition coefficient (Wildman–Crippen LogP) is 1.80. The number of aromatic nitrogens is 3. The summed E-state index contributed by atoms with van der Waals surface area (Å²) in [6.45, 7) is 0. The Hall–Kier alpha value is -1.11. The van der Waals surface area contributed by atoms with Crippen LogP contribution in [0.2, 0.25) is 0 Å². The van der Waals surface area contributed by atoms with Crippen molar-refractivity contribution in [3.63, 3.8) is 0 Å². The Morgan fingerprint density at radius 2 is 2.27 bits per heavy atom. The van der Waals surface area contributed by atoms with Crippen molar-refractivity contribution >= 4 is 0 Å². The third-order valence-electron chi connectivity index (χ3n) is 2.07. The van der Waals surface area contributed by atoms with Crippen LogP contribution in [0.5, 0.6) is 0 Å². The van der Waals surface area contributed by atoms with Crippen molar-refractivity contribution in [3.05, 3.63) is 12.2 Å². The molecule has 0 aromatic carbocycles. The van der Waals surface area contributed by atoms with Gasteiger partial charge in [0.25, 0.3) is 0 Å². The van der Waals surface area contributed by atoms with E-state index in [1.54, 1.807) is 7.05 Å². The van der Waals surface area contributed by atoms with E-state index in [-0.39, 0.29) is 12.5 Å². The maximum absolute atomic E-state index is 11.9. The van der Waals surface area contributed by atoms with Crippen molar-refractivity contribution in [1.82, 2.24) is 20.5 Å². The smallest absolute Gasteiger partial charge is 0.310 e.